The first-order chi connectivity index (χ1) is 8.61. The van der Waals surface area contributed by atoms with Crippen molar-refractivity contribution in [1.82, 2.24) is 0 Å². The Morgan fingerprint density at radius 1 is 0.778 bits per heavy atom. The van der Waals surface area contributed by atoms with Gasteiger partial charge >= 0.3 is 11.9 Å². The van der Waals surface area contributed by atoms with E-state index in [2.05, 4.69) is 0 Å². The van der Waals surface area contributed by atoms with E-state index >= 15 is 0 Å². The summed E-state index contributed by atoms with van der Waals surface area (Å²) in [7, 11) is 0. The molecule has 0 aromatic heterocycles. The minimum absolute atomic E-state index is 0.0220. The Morgan fingerprint density at radius 2 is 1.22 bits per heavy atom. The molecule has 7 fully saturated rings. The number of hydrogen-bond acceptors (Lipinski definition) is 2. The summed E-state index contributed by atoms with van der Waals surface area (Å²) in [6, 6.07) is 0. The van der Waals surface area contributed by atoms with Gasteiger partial charge in [0, 0.05) is 0 Å². The fraction of sp³-hybridized carbons (Fsp3) is 0.857. The second-order valence-electron chi connectivity index (χ2n) is 7.56. The van der Waals surface area contributed by atoms with E-state index in [-0.39, 0.29) is 11.8 Å². The van der Waals surface area contributed by atoms with Crippen molar-refractivity contribution in [3.8, 4) is 0 Å². The third kappa shape index (κ3) is 0.466. The number of carbonyl (C=O) groups is 2. The smallest absolute Gasteiger partial charge is 0.321 e. The molecular formula is C14H14O4. The van der Waals surface area contributed by atoms with Crippen LogP contribution in [0.4, 0.5) is 0 Å². The molecule has 94 valence electrons. The predicted molar refractivity (Wildman–Crippen MR) is 57.2 cm³/mol. The minimum Gasteiger partial charge on any atom is -0.480 e. The van der Waals surface area contributed by atoms with Crippen molar-refractivity contribution >= 4 is 11.9 Å². The van der Waals surface area contributed by atoms with Crippen molar-refractivity contribution in [2.45, 2.75) is 6.42 Å². The van der Waals surface area contributed by atoms with E-state index in [0.717, 1.165) is 11.8 Å². The van der Waals surface area contributed by atoms with E-state index in [4.69, 9.17) is 0 Å². The number of carboxylic acid groups (broad SMARTS) is 2. The van der Waals surface area contributed by atoms with Gasteiger partial charge in [-0.25, -0.2) is 0 Å². The summed E-state index contributed by atoms with van der Waals surface area (Å²) >= 11 is 0. The molecule has 7 rings (SSSR count). The molecule has 18 heavy (non-hydrogen) atoms. The van der Waals surface area contributed by atoms with Gasteiger partial charge in [-0.2, -0.15) is 0 Å². The Bertz CT molecular complexity index is 502. The Hall–Kier alpha value is -1.06. The first-order valence-electron chi connectivity index (χ1n) is 7.08. The summed E-state index contributed by atoms with van der Waals surface area (Å²) in [6.45, 7) is 0. The van der Waals surface area contributed by atoms with E-state index < -0.39 is 17.4 Å². The van der Waals surface area contributed by atoms with Crippen LogP contribution in [0.1, 0.15) is 6.42 Å². The maximum atomic E-state index is 11.8. The van der Waals surface area contributed by atoms with Crippen LogP contribution in [0.2, 0.25) is 0 Å². The molecule has 7 aliphatic rings. The van der Waals surface area contributed by atoms with Crippen LogP contribution >= 0.6 is 0 Å². The molecule has 0 radical (unpaired) electrons. The van der Waals surface area contributed by atoms with Crippen LogP contribution in [-0.2, 0) is 9.59 Å². The van der Waals surface area contributed by atoms with Gasteiger partial charge in [-0.15, -0.1) is 0 Å². The van der Waals surface area contributed by atoms with Gasteiger partial charge in [-0.1, -0.05) is 0 Å². The lowest BCUT2D eigenvalue weighted by Crippen LogP contribution is -2.45. The van der Waals surface area contributed by atoms with Crippen molar-refractivity contribution in [1.29, 1.82) is 0 Å². The normalized spacial score (nSPS) is 69.1. The average molecular weight is 246 g/mol. The molecule has 0 heterocycles. The molecular weight excluding hydrogens is 232 g/mol. The molecule has 7 saturated carbocycles. The van der Waals surface area contributed by atoms with Crippen LogP contribution in [0.15, 0.2) is 0 Å². The highest BCUT2D eigenvalue weighted by Gasteiger charge is 2.95. The standard InChI is InChI=1S/C14H14O4/c15-12(16)14(13(17)18)10-6-2-1-3-5-4(2)8(10)9(5)11(14)7(3)6/h2-11H,1H2,(H,15,16)(H,17,18)/t2-,3+,4-,5+,6+,7-,8-,9+,10-,11+. The Morgan fingerprint density at radius 3 is 1.61 bits per heavy atom. The van der Waals surface area contributed by atoms with E-state index in [1.807, 2.05) is 0 Å². The molecule has 2 N–H and O–H groups in total. The maximum absolute atomic E-state index is 11.8. The third-order valence-electron chi connectivity index (χ3n) is 8.16. The largest absolute Gasteiger partial charge is 0.480 e. The maximum Gasteiger partial charge on any atom is 0.321 e. The number of aliphatic carboxylic acids is 2. The zero-order valence-electron chi connectivity index (χ0n) is 9.69. The number of hydrogen-bond donors (Lipinski definition) is 2. The number of carboxylic acids is 2. The van der Waals surface area contributed by atoms with Gasteiger partial charge in [0.05, 0.1) is 0 Å². The minimum atomic E-state index is -1.40. The van der Waals surface area contributed by atoms with Gasteiger partial charge in [0.25, 0.3) is 0 Å². The molecule has 0 aromatic carbocycles. The van der Waals surface area contributed by atoms with Crippen molar-refractivity contribution in [2.24, 2.45) is 64.6 Å². The van der Waals surface area contributed by atoms with Crippen molar-refractivity contribution in [3.63, 3.8) is 0 Å². The van der Waals surface area contributed by atoms with Crippen LogP contribution in [0.25, 0.3) is 0 Å². The second-order valence-corrected chi connectivity index (χ2v) is 7.56. The Kier molecular flexibility index (Phi) is 1.00. The summed E-state index contributed by atoms with van der Waals surface area (Å²) in [6.07, 6.45) is 1.29. The van der Waals surface area contributed by atoms with Gasteiger partial charge < -0.3 is 10.2 Å². The summed E-state index contributed by atoms with van der Waals surface area (Å²) < 4.78 is 0. The highest BCUT2D eigenvalue weighted by molar-refractivity contribution is 6.01. The highest BCUT2D eigenvalue weighted by atomic mass is 16.4. The zero-order chi connectivity index (χ0) is 12.1. The molecule has 4 bridgehead atoms. The molecule has 4 nitrogen and oxygen atoms in total. The fourth-order valence-electron chi connectivity index (χ4n) is 8.63. The molecule has 0 spiro atoms. The molecule has 0 amide bonds. The quantitative estimate of drug-likeness (QED) is 0.706. The van der Waals surface area contributed by atoms with Crippen molar-refractivity contribution in [3.05, 3.63) is 0 Å². The monoisotopic (exact) mass is 246 g/mol. The fourth-order valence-corrected chi connectivity index (χ4v) is 8.63. The number of rotatable bonds is 2. The molecule has 10 atom stereocenters. The lowest BCUT2D eigenvalue weighted by atomic mass is 9.60. The van der Waals surface area contributed by atoms with E-state index in [1.54, 1.807) is 0 Å². The summed E-state index contributed by atoms with van der Waals surface area (Å²) in [5.41, 5.74) is -1.40. The molecule has 0 aliphatic heterocycles. The lowest BCUT2D eigenvalue weighted by molar-refractivity contribution is -0.169. The lowest BCUT2D eigenvalue weighted by Gasteiger charge is -2.44. The Labute approximate surface area is 103 Å². The molecule has 0 saturated heterocycles. The molecule has 7 aliphatic carbocycles. The molecule has 0 aromatic rings. The average Bonchev–Trinajstić information content (AvgIpc) is 2.85. The molecule has 4 heteroatoms. The van der Waals surface area contributed by atoms with Crippen molar-refractivity contribution in [2.75, 3.05) is 0 Å². The van der Waals surface area contributed by atoms with Crippen LogP contribution in [0.5, 0.6) is 0 Å². The van der Waals surface area contributed by atoms with E-state index in [0.29, 0.717) is 35.5 Å². The van der Waals surface area contributed by atoms with E-state index in [9.17, 15) is 19.8 Å². The SMILES string of the molecule is O=C(O)C1(C(=O)O)[C@@H]2[C@H]3[C@H]4[C@@H]5C[C@@H]6[C@H]4[C@H]3[C@H]1[C@@H]6[C@@H]52. The Balaban J connectivity index is 1.69. The summed E-state index contributed by atoms with van der Waals surface area (Å²) in [5.74, 6) is 2.56. The molecule has 0 unspecified atom stereocenters. The van der Waals surface area contributed by atoms with Gasteiger partial charge in [0.2, 0.25) is 0 Å². The van der Waals surface area contributed by atoms with Gasteiger partial charge in [-0.05, 0) is 65.6 Å². The summed E-state index contributed by atoms with van der Waals surface area (Å²) in [4.78, 5) is 23.6. The van der Waals surface area contributed by atoms with Crippen molar-refractivity contribution < 1.29 is 19.8 Å². The van der Waals surface area contributed by atoms with Gasteiger partial charge in [-0.3, -0.25) is 9.59 Å². The zero-order valence-corrected chi connectivity index (χ0v) is 9.69. The first-order valence-corrected chi connectivity index (χ1v) is 7.08. The highest BCUT2D eigenvalue weighted by Crippen LogP contribution is 2.94. The summed E-state index contributed by atoms with van der Waals surface area (Å²) in [5, 5.41) is 19.3. The first kappa shape index (κ1) is 8.94. The van der Waals surface area contributed by atoms with Crippen LogP contribution in [0.3, 0.4) is 0 Å². The van der Waals surface area contributed by atoms with Gasteiger partial charge in [0.15, 0.2) is 5.41 Å². The third-order valence-corrected chi connectivity index (χ3v) is 8.16. The van der Waals surface area contributed by atoms with Crippen LogP contribution < -0.4 is 0 Å². The van der Waals surface area contributed by atoms with Crippen LogP contribution in [0, 0.1) is 64.6 Å². The van der Waals surface area contributed by atoms with Gasteiger partial charge in [0.1, 0.15) is 0 Å². The predicted octanol–water partition coefficient (Wildman–Crippen LogP) is 0.776. The van der Waals surface area contributed by atoms with Crippen LogP contribution in [-0.4, -0.2) is 22.2 Å². The van der Waals surface area contributed by atoms with E-state index in [1.165, 1.54) is 6.42 Å². The second kappa shape index (κ2) is 2.02. The topological polar surface area (TPSA) is 74.6 Å².